The van der Waals surface area contributed by atoms with Gasteiger partial charge in [-0.25, -0.2) is 0 Å². The van der Waals surface area contributed by atoms with E-state index in [1.807, 2.05) is 0 Å². The van der Waals surface area contributed by atoms with Gasteiger partial charge in [-0.2, -0.15) is 0 Å². The number of carboxylic acids is 1. The van der Waals surface area contributed by atoms with Crippen LogP contribution in [-0.4, -0.2) is 23.0 Å². The third-order valence-corrected chi connectivity index (χ3v) is 4.28. The van der Waals surface area contributed by atoms with Gasteiger partial charge >= 0.3 is 5.70 Å². The van der Waals surface area contributed by atoms with Crippen LogP contribution in [0.3, 0.4) is 0 Å². The highest BCUT2D eigenvalue weighted by molar-refractivity contribution is 5.87. The highest BCUT2D eigenvalue weighted by Gasteiger charge is 2.36. The second-order valence-electron chi connectivity index (χ2n) is 5.98. The molecule has 144 valence electrons. The number of rotatable bonds is 5. The van der Waals surface area contributed by atoms with Crippen molar-refractivity contribution >= 4 is 17.2 Å². The summed E-state index contributed by atoms with van der Waals surface area (Å²) in [5.41, 5.74) is 1.68. The smallest absolute Gasteiger partial charge is 0.338 e. The van der Waals surface area contributed by atoms with E-state index in [4.69, 9.17) is 4.74 Å². The molecule has 0 saturated heterocycles. The molecule has 0 fully saturated rings. The fraction of sp³-hybridized carbons (Fsp3) is 0.158. The summed E-state index contributed by atoms with van der Waals surface area (Å²) in [6.07, 6.45) is 3.17. The highest BCUT2D eigenvalue weighted by Crippen LogP contribution is 2.37. The first-order chi connectivity index (χ1) is 13.4. The number of ether oxygens (including phenoxy) is 1. The first kappa shape index (κ1) is 18.9. The Kier molecular flexibility index (Phi) is 5.25. The molecule has 3 rings (SSSR count). The Balaban J connectivity index is 2.30. The summed E-state index contributed by atoms with van der Waals surface area (Å²) < 4.78 is 5.15. The van der Waals surface area contributed by atoms with Gasteiger partial charge in [0.1, 0.15) is 0 Å². The number of benzene rings is 1. The van der Waals surface area contributed by atoms with Crippen molar-refractivity contribution in [2.24, 2.45) is 0 Å². The minimum absolute atomic E-state index is 0.213. The molecule has 0 bridgehead atoms. The van der Waals surface area contributed by atoms with Crippen LogP contribution in [0.2, 0.25) is 0 Å². The van der Waals surface area contributed by atoms with E-state index in [1.165, 1.54) is 7.11 Å². The van der Waals surface area contributed by atoms with Crippen molar-refractivity contribution in [3.8, 4) is 0 Å². The van der Waals surface area contributed by atoms with Gasteiger partial charge in [-0.3, -0.25) is 15.1 Å². The van der Waals surface area contributed by atoms with E-state index in [9.17, 15) is 20.0 Å². The second-order valence-corrected chi connectivity index (χ2v) is 5.98. The van der Waals surface area contributed by atoms with Crippen molar-refractivity contribution < 1.29 is 19.6 Å². The average molecular weight is 381 g/mol. The number of anilines is 1. The van der Waals surface area contributed by atoms with Crippen LogP contribution in [0.4, 0.5) is 5.69 Å². The third kappa shape index (κ3) is 3.50. The van der Waals surface area contributed by atoms with Crippen molar-refractivity contribution in [1.29, 1.82) is 0 Å². The molecule has 0 spiro atoms. The second kappa shape index (κ2) is 7.78. The van der Waals surface area contributed by atoms with E-state index in [2.05, 4.69) is 15.6 Å². The lowest BCUT2D eigenvalue weighted by molar-refractivity contribution is -0.420. The van der Waals surface area contributed by atoms with Gasteiger partial charge in [0.25, 0.3) is 5.88 Å². The van der Waals surface area contributed by atoms with Gasteiger partial charge < -0.3 is 25.3 Å². The summed E-state index contributed by atoms with van der Waals surface area (Å²) in [5.74, 6) is -1.69. The summed E-state index contributed by atoms with van der Waals surface area (Å²) >= 11 is 0. The zero-order valence-corrected chi connectivity index (χ0v) is 15.1. The minimum Gasteiger partial charge on any atom is -0.548 e. The number of aromatic nitrogens is 1. The van der Waals surface area contributed by atoms with Gasteiger partial charge in [0.15, 0.2) is 0 Å². The lowest BCUT2D eigenvalue weighted by atomic mass is 9.93. The van der Waals surface area contributed by atoms with E-state index >= 15 is 0 Å². The van der Waals surface area contributed by atoms with Crippen LogP contribution in [0, 0.1) is 10.1 Å². The van der Waals surface area contributed by atoms with Crippen LogP contribution in [0.15, 0.2) is 66.1 Å². The highest BCUT2D eigenvalue weighted by atomic mass is 16.6. The number of nitrogens with one attached hydrogen (secondary N) is 2. The largest absolute Gasteiger partial charge is 0.548 e. The number of fused-ring (bicyclic) bond motifs is 1. The zero-order chi connectivity index (χ0) is 20.3. The lowest BCUT2D eigenvalue weighted by Gasteiger charge is -2.21. The maximum absolute atomic E-state index is 11.9. The van der Waals surface area contributed by atoms with E-state index in [1.54, 1.807) is 55.7 Å². The molecule has 1 aromatic carbocycles. The molecular weight excluding hydrogens is 364 g/mol. The monoisotopic (exact) mass is 381 g/mol. The molecule has 1 aliphatic heterocycles. The summed E-state index contributed by atoms with van der Waals surface area (Å²) in [6, 6.07) is 8.65. The number of nitro groups is 1. The molecule has 28 heavy (non-hydrogen) atoms. The molecule has 2 aromatic rings. The van der Waals surface area contributed by atoms with Crippen molar-refractivity contribution in [2.75, 3.05) is 12.4 Å². The average Bonchev–Trinajstić information content (AvgIpc) is 2.83. The summed E-state index contributed by atoms with van der Waals surface area (Å²) in [7, 11) is 1.23. The number of allylic oxidation sites excluding steroid dienone is 2. The molecule has 1 atom stereocenters. The maximum atomic E-state index is 11.9. The minimum atomic E-state index is -1.43. The Morgan fingerprint density at radius 1 is 1.25 bits per heavy atom. The molecule has 0 saturated carbocycles. The van der Waals surface area contributed by atoms with Crippen LogP contribution in [0.25, 0.3) is 5.57 Å². The lowest BCUT2D eigenvalue weighted by Crippen LogP contribution is -2.38. The van der Waals surface area contributed by atoms with E-state index in [0.29, 0.717) is 22.5 Å². The Labute approximate surface area is 160 Å². The van der Waals surface area contributed by atoms with Crippen LogP contribution in [0.1, 0.15) is 24.1 Å². The van der Waals surface area contributed by atoms with Crippen molar-refractivity contribution in [1.82, 2.24) is 10.3 Å². The molecule has 9 heteroatoms. The summed E-state index contributed by atoms with van der Waals surface area (Å²) in [4.78, 5) is 27.0. The molecule has 1 aliphatic rings. The number of carboxylic acid groups (broad SMARTS) is 1. The fourth-order valence-electron chi connectivity index (χ4n) is 3.10. The van der Waals surface area contributed by atoms with Crippen LogP contribution >= 0.6 is 0 Å². The number of carbonyl (C=O) groups excluding carboxylic acids is 1. The predicted octanol–water partition coefficient (Wildman–Crippen LogP) is 1.41. The number of carbonyl (C=O) groups is 1. The molecule has 0 unspecified atom stereocenters. The molecule has 2 N–H and O–H groups in total. The first-order valence-corrected chi connectivity index (χ1v) is 8.31. The van der Waals surface area contributed by atoms with Crippen LogP contribution in [-0.2, 0) is 9.53 Å². The van der Waals surface area contributed by atoms with Gasteiger partial charge in [-0.15, -0.1) is 0 Å². The van der Waals surface area contributed by atoms with E-state index in [0.717, 1.165) is 0 Å². The van der Waals surface area contributed by atoms with E-state index < -0.39 is 16.9 Å². The first-order valence-electron chi connectivity index (χ1n) is 8.31. The Bertz CT molecular complexity index is 985. The van der Waals surface area contributed by atoms with Crippen molar-refractivity contribution in [2.45, 2.75) is 13.0 Å². The summed E-state index contributed by atoms with van der Waals surface area (Å²) in [6.45, 7) is 1.67. The molecular formula is C19H17N4O5-. The number of aliphatic carboxylic acids is 1. The van der Waals surface area contributed by atoms with Gasteiger partial charge in [0.2, 0.25) is 0 Å². The molecule has 0 aliphatic carbocycles. The van der Waals surface area contributed by atoms with Gasteiger partial charge in [0, 0.05) is 23.8 Å². The van der Waals surface area contributed by atoms with Gasteiger partial charge in [-0.05, 0) is 30.2 Å². The SMILES string of the molecule is COC1=C([N+](=O)[O-])C(=C(C)Nc2ccncc2)c2ccccc2[C@@H](C(=O)[O-])N1. The number of hydrogen-bond acceptors (Lipinski definition) is 8. The molecule has 9 nitrogen and oxygen atoms in total. The number of pyridine rings is 1. The van der Waals surface area contributed by atoms with Crippen LogP contribution < -0.4 is 15.7 Å². The number of methoxy groups -OCH3 is 1. The number of nitrogens with zero attached hydrogens (tertiary/aromatic N) is 2. The standard InChI is InChI=1S/C19H18N4O5/c1-11(21-12-7-9-20-10-8-12)15-13-5-3-4-6-14(13)16(19(24)25)22-18(28-2)17(15)23(26)27/h3-10,16,22H,1-2H3,(H,20,21)(H,24,25)/p-1/t16-/m0/s1. The van der Waals surface area contributed by atoms with Crippen LogP contribution in [0.5, 0.6) is 0 Å². The normalized spacial score (nSPS) is 17.7. The van der Waals surface area contributed by atoms with E-state index in [-0.39, 0.29) is 17.2 Å². The Morgan fingerprint density at radius 2 is 1.93 bits per heavy atom. The third-order valence-electron chi connectivity index (χ3n) is 4.28. The molecule has 0 radical (unpaired) electrons. The maximum Gasteiger partial charge on any atom is 0.338 e. The zero-order valence-electron chi connectivity index (χ0n) is 15.1. The van der Waals surface area contributed by atoms with Gasteiger partial charge in [0.05, 0.1) is 29.6 Å². The Morgan fingerprint density at radius 3 is 2.54 bits per heavy atom. The Hall–Kier alpha value is -3.88. The predicted molar refractivity (Wildman–Crippen MR) is 98.8 cm³/mol. The van der Waals surface area contributed by atoms with Gasteiger partial charge in [-0.1, -0.05) is 24.3 Å². The van der Waals surface area contributed by atoms with Crippen molar-refractivity contribution in [3.05, 3.63) is 87.3 Å². The summed E-state index contributed by atoms with van der Waals surface area (Å²) in [5, 5.41) is 29.3. The molecule has 2 heterocycles. The van der Waals surface area contributed by atoms with Crippen molar-refractivity contribution in [3.63, 3.8) is 0 Å². The molecule has 1 aromatic heterocycles. The molecule has 0 amide bonds. The number of hydrogen-bond donors (Lipinski definition) is 2. The topological polar surface area (TPSA) is 129 Å². The fourth-order valence-corrected chi connectivity index (χ4v) is 3.10. The quantitative estimate of drug-likeness (QED) is 0.587.